The Morgan fingerprint density at radius 2 is 2.18 bits per heavy atom. The van der Waals surface area contributed by atoms with Crippen molar-refractivity contribution < 1.29 is 0 Å². The predicted octanol–water partition coefficient (Wildman–Crippen LogP) is 1.52. The number of hydrogen-bond acceptors (Lipinski definition) is 3. The monoisotopic (exact) mass is 230 g/mol. The minimum absolute atomic E-state index is 0.126. The Morgan fingerprint density at radius 3 is 2.88 bits per heavy atom. The highest BCUT2D eigenvalue weighted by Gasteiger charge is 2.07. The van der Waals surface area contributed by atoms with Gasteiger partial charge in [0.25, 0.3) is 0 Å². The predicted molar refractivity (Wildman–Crippen MR) is 67.7 cm³/mol. The smallest absolute Gasteiger partial charge is 0.110 e. The Balaban J connectivity index is 2.19. The summed E-state index contributed by atoms with van der Waals surface area (Å²) < 4.78 is 2.11. The summed E-state index contributed by atoms with van der Waals surface area (Å²) in [5, 5.41) is 0. The molecule has 0 saturated heterocycles. The van der Waals surface area contributed by atoms with Crippen LogP contribution in [0.15, 0.2) is 30.7 Å². The van der Waals surface area contributed by atoms with Crippen molar-refractivity contribution in [3.05, 3.63) is 47.8 Å². The zero-order valence-electron chi connectivity index (χ0n) is 10.3. The second-order valence-corrected chi connectivity index (χ2v) is 4.42. The highest BCUT2D eigenvalue weighted by molar-refractivity contribution is 5.18. The van der Waals surface area contributed by atoms with Crippen LogP contribution in [-0.4, -0.2) is 20.6 Å². The van der Waals surface area contributed by atoms with Gasteiger partial charge < -0.3 is 10.3 Å². The number of nitrogens with two attached hydrogens (primary N) is 1. The van der Waals surface area contributed by atoms with Gasteiger partial charge in [0.15, 0.2) is 0 Å². The molecule has 17 heavy (non-hydrogen) atoms. The van der Waals surface area contributed by atoms with Gasteiger partial charge in [0.05, 0.1) is 12.2 Å². The molecule has 90 valence electrons. The first-order valence-electron chi connectivity index (χ1n) is 5.83. The normalized spacial score (nSPS) is 12.6. The summed E-state index contributed by atoms with van der Waals surface area (Å²) >= 11 is 0. The highest BCUT2D eigenvalue weighted by Crippen LogP contribution is 2.08. The minimum atomic E-state index is 0.126. The van der Waals surface area contributed by atoms with Gasteiger partial charge in [0.2, 0.25) is 0 Å². The van der Waals surface area contributed by atoms with Crippen LogP contribution in [0.4, 0.5) is 0 Å². The van der Waals surface area contributed by atoms with E-state index in [9.17, 15) is 0 Å². The van der Waals surface area contributed by atoms with Gasteiger partial charge in [-0.3, -0.25) is 4.98 Å². The van der Waals surface area contributed by atoms with Crippen molar-refractivity contribution in [3.8, 4) is 0 Å². The summed E-state index contributed by atoms with van der Waals surface area (Å²) in [6.07, 6.45) is 6.41. The van der Waals surface area contributed by atoms with Crippen molar-refractivity contribution in [2.45, 2.75) is 32.9 Å². The molecule has 2 N–H and O–H groups in total. The third-order valence-electron chi connectivity index (χ3n) is 2.74. The Morgan fingerprint density at radius 1 is 1.35 bits per heavy atom. The van der Waals surface area contributed by atoms with Gasteiger partial charge in [-0.25, -0.2) is 4.98 Å². The molecule has 0 amide bonds. The van der Waals surface area contributed by atoms with Crippen LogP contribution in [0, 0.1) is 6.92 Å². The number of pyridine rings is 1. The van der Waals surface area contributed by atoms with Gasteiger partial charge in [-0.15, -0.1) is 0 Å². The summed E-state index contributed by atoms with van der Waals surface area (Å²) in [4.78, 5) is 8.73. The molecule has 0 aliphatic rings. The van der Waals surface area contributed by atoms with Gasteiger partial charge in [0.1, 0.15) is 5.82 Å². The second kappa shape index (κ2) is 5.10. The number of aromatic nitrogens is 3. The number of hydrogen-bond donors (Lipinski definition) is 1. The molecule has 0 spiro atoms. The van der Waals surface area contributed by atoms with Gasteiger partial charge in [-0.05, 0) is 25.5 Å². The van der Waals surface area contributed by atoms with Gasteiger partial charge in [-0.2, -0.15) is 0 Å². The fourth-order valence-corrected chi connectivity index (χ4v) is 1.81. The van der Waals surface area contributed by atoms with Crippen molar-refractivity contribution >= 4 is 0 Å². The summed E-state index contributed by atoms with van der Waals surface area (Å²) in [6.45, 7) is 4.82. The van der Waals surface area contributed by atoms with E-state index in [0.29, 0.717) is 0 Å². The Labute approximate surface area is 102 Å². The first-order chi connectivity index (χ1) is 8.16. The lowest BCUT2D eigenvalue weighted by Gasteiger charge is -2.10. The zero-order valence-corrected chi connectivity index (χ0v) is 10.3. The minimum Gasteiger partial charge on any atom is -0.329 e. The van der Waals surface area contributed by atoms with Crippen molar-refractivity contribution in [2.75, 3.05) is 0 Å². The van der Waals surface area contributed by atoms with Crippen LogP contribution in [0.3, 0.4) is 0 Å². The van der Waals surface area contributed by atoms with E-state index in [4.69, 9.17) is 5.73 Å². The van der Waals surface area contributed by atoms with Gasteiger partial charge >= 0.3 is 0 Å². The van der Waals surface area contributed by atoms with Crippen LogP contribution in [0.25, 0.3) is 0 Å². The summed E-state index contributed by atoms with van der Waals surface area (Å²) in [6, 6.07) is 4.15. The van der Waals surface area contributed by atoms with Crippen LogP contribution in [0.2, 0.25) is 0 Å². The van der Waals surface area contributed by atoms with Crippen LogP contribution >= 0.6 is 0 Å². The molecule has 2 aromatic heterocycles. The quantitative estimate of drug-likeness (QED) is 0.866. The van der Waals surface area contributed by atoms with Gasteiger partial charge in [-0.1, -0.05) is 6.07 Å². The highest BCUT2D eigenvalue weighted by atomic mass is 15.1. The van der Waals surface area contributed by atoms with E-state index >= 15 is 0 Å². The number of aryl methyl sites for hydroxylation is 1. The summed E-state index contributed by atoms with van der Waals surface area (Å²) in [5.74, 6) is 1.02. The lowest BCUT2D eigenvalue weighted by molar-refractivity contribution is 0.641. The van der Waals surface area contributed by atoms with E-state index in [2.05, 4.69) is 27.5 Å². The lowest BCUT2D eigenvalue weighted by Crippen LogP contribution is -2.21. The molecular weight excluding hydrogens is 212 g/mol. The molecule has 0 aromatic carbocycles. The molecule has 0 aliphatic heterocycles. The van der Waals surface area contributed by atoms with Crippen LogP contribution in [-0.2, 0) is 13.0 Å². The lowest BCUT2D eigenvalue weighted by atomic mass is 10.2. The van der Waals surface area contributed by atoms with Crippen molar-refractivity contribution in [2.24, 2.45) is 5.73 Å². The maximum atomic E-state index is 5.81. The summed E-state index contributed by atoms with van der Waals surface area (Å²) in [7, 11) is 0. The van der Waals surface area contributed by atoms with Crippen LogP contribution in [0.5, 0.6) is 0 Å². The number of nitrogens with zero attached hydrogens (tertiary/aromatic N) is 3. The third kappa shape index (κ3) is 2.91. The first-order valence-corrected chi connectivity index (χ1v) is 5.83. The number of imidazole rings is 1. The second-order valence-electron chi connectivity index (χ2n) is 4.42. The largest absolute Gasteiger partial charge is 0.329 e. The molecular formula is C13H18N4. The molecule has 2 rings (SSSR count). The summed E-state index contributed by atoms with van der Waals surface area (Å²) in [5.41, 5.74) is 8.09. The standard InChI is InChI=1S/C13H18N4/c1-10-4-3-5-15-12(10)9-17-7-6-16-13(17)8-11(2)14/h3-7,11H,8-9,14H2,1-2H3. The van der Waals surface area contributed by atoms with E-state index < -0.39 is 0 Å². The Bertz CT molecular complexity index is 488. The SMILES string of the molecule is Cc1cccnc1Cn1ccnc1CC(C)N. The Hall–Kier alpha value is -1.68. The number of rotatable bonds is 4. The molecule has 2 aromatic rings. The molecule has 4 heteroatoms. The molecule has 1 atom stereocenters. The molecule has 0 saturated carbocycles. The van der Waals surface area contributed by atoms with Crippen LogP contribution in [0.1, 0.15) is 24.0 Å². The van der Waals surface area contributed by atoms with Crippen molar-refractivity contribution in [3.63, 3.8) is 0 Å². The maximum Gasteiger partial charge on any atom is 0.110 e. The fraction of sp³-hybridized carbons (Fsp3) is 0.385. The molecule has 0 aliphatic carbocycles. The maximum absolute atomic E-state index is 5.81. The molecule has 0 fully saturated rings. The van der Waals surface area contributed by atoms with Crippen LogP contribution < -0.4 is 5.73 Å². The van der Waals surface area contributed by atoms with E-state index in [1.165, 1.54) is 5.56 Å². The topological polar surface area (TPSA) is 56.7 Å². The molecule has 2 heterocycles. The average molecular weight is 230 g/mol. The van der Waals surface area contributed by atoms with Crippen molar-refractivity contribution in [1.82, 2.24) is 14.5 Å². The molecule has 0 bridgehead atoms. The van der Waals surface area contributed by atoms with E-state index in [1.54, 1.807) is 0 Å². The van der Waals surface area contributed by atoms with Gasteiger partial charge in [0, 0.05) is 31.1 Å². The third-order valence-corrected chi connectivity index (χ3v) is 2.74. The van der Waals surface area contributed by atoms with E-state index in [1.807, 2.05) is 31.6 Å². The molecule has 0 radical (unpaired) electrons. The van der Waals surface area contributed by atoms with Crippen molar-refractivity contribution in [1.29, 1.82) is 0 Å². The molecule has 4 nitrogen and oxygen atoms in total. The molecule has 1 unspecified atom stereocenters. The van der Waals surface area contributed by atoms with E-state index in [0.717, 1.165) is 24.5 Å². The van der Waals surface area contributed by atoms with E-state index in [-0.39, 0.29) is 6.04 Å². The Kier molecular flexibility index (Phi) is 3.54. The first kappa shape index (κ1) is 11.8. The average Bonchev–Trinajstić information content (AvgIpc) is 2.68. The fourth-order valence-electron chi connectivity index (χ4n) is 1.81. The zero-order chi connectivity index (χ0) is 12.3.